The number of Topliss-reactive ketones (excluding diaryl/α,β-unsaturated/α-hetero) is 1. The predicted molar refractivity (Wildman–Crippen MR) is 112 cm³/mol. The number of rotatable bonds is 7. The Morgan fingerprint density at radius 1 is 0.700 bits per heavy atom. The summed E-state index contributed by atoms with van der Waals surface area (Å²) >= 11 is 0. The van der Waals surface area contributed by atoms with Crippen LogP contribution >= 0.6 is 0 Å². The van der Waals surface area contributed by atoms with Gasteiger partial charge in [0.2, 0.25) is 5.91 Å². The molecule has 3 aromatic rings. The SMILES string of the molecule is CC(=O)Nc1ccc(C(=O)COC(=O)c2ccc(C(=O)c3ccccc3)cc2)cc1. The van der Waals surface area contributed by atoms with Gasteiger partial charge in [-0.05, 0) is 36.4 Å². The monoisotopic (exact) mass is 401 g/mol. The van der Waals surface area contributed by atoms with Gasteiger partial charge in [0.1, 0.15) is 0 Å². The summed E-state index contributed by atoms with van der Waals surface area (Å²) in [5, 5.41) is 2.61. The standard InChI is InChI=1S/C24H19NO5/c1-16(26)25-21-13-11-17(12-14-21)22(27)15-30-24(29)20-9-7-19(8-10-20)23(28)18-5-3-2-4-6-18/h2-14H,15H2,1H3,(H,25,26). The molecule has 0 unspecified atom stereocenters. The van der Waals surface area contributed by atoms with Gasteiger partial charge in [-0.3, -0.25) is 14.4 Å². The Labute approximate surface area is 173 Å². The Morgan fingerprint density at radius 3 is 1.83 bits per heavy atom. The molecule has 0 saturated carbocycles. The first-order valence-corrected chi connectivity index (χ1v) is 9.22. The predicted octanol–water partition coefficient (Wildman–Crippen LogP) is 3.92. The fourth-order valence-corrected chi connectivity index (χ4v) is 2.75. The number of hydrogen-bond donors (Lipinski definition) is 1. The molecule has 150 valence electrons. The van der Waals surface area contributed by atoms with Crippen molar-refractivity contribution in [3.8, 4) is 0 Å². The van der Waals surface area contributed by atoms with E-state index in [1.165, 1.54) is 19.1 Å². The fraction of sp³-hybridized carbons (Fsp3) is 0.0833. The first-order valence-electron chi connectivity index (χ1n) is 9.22. The van der Waals surface area contributed by atoms with Crippen molar-refractivity contribution in [2.75, 3.05) is 11.9 Å². The number of hydrogen-bond acceptors (Lipinski definition) is 5. The van der Waals surface area contributed by atoms with Crippen molar-refractivity contribution in [3.63, 3.8) is 0 Å². The van der Waals surface area contributed by atoms with Gasteiger partial charge in [0.05, 0.1) is 5.56 Å². The molecule has 0 aliphatic carbocycles. The topological polar surface area (TPSA) is 89.5 Å². The molecule has 6 heteroatoms. The molecule has 0 heterocycles. The number of anilines is 1. The molecule has 6 nitrogen and oxygen atoms in total. The van der Waals surface area contributed by atoms with Crippen LogP contribution in [0.5, 0.6) is 0 Å². The van der Waals surface area contributed by atoms with Gasteiger partial charge in [0, 0.05) is 29.3 Å². The highest BCUT2D eigenvalue weighted by Gasteiger charge is 2.14. The maximum atomic E-state index is 12.4. The van der Waals surface area contributed by atoms with Crippen molar-refractivity contribution in [3.05, 3.63) is 101 Å². The zero-order chi connectivity index (χ0) is 21.5. The van der Waals surface area contributed by atoms with Crippen molar-refractivity contribution in [2.45, 2.75) is 6.92 Å². The molecular weight excluding hydrogens is 382 g/mol. The second kappa shape index (κ2) is 9.43. The normalized spacial score (nSPS) is 10.2. The Morgan fingerprint density at radius 2 is 1.23 bits per heavy atom. The van der Waals surface area contributed by atoms with Gasteiger partial charge in [0.15, 0.2) is 18.2 Å². The fourth-order valence-electron chi connectivity index (χ4n) is 2.75. The Bertz CT molecular complexity index is 1070. The smallest absolute Gasteiger partial charge is 0.338 e. The number of esters is 1. The maximum Gasteiger partial charge on any atom is 0.338 e. The van der Waals surface area contributed by atoms with Gasteiger partial charge in [-0.1, -0.05) is 42.5 Å². The zero-order valence-corrected chi connectivity index (χ0v) is 16.3. The second-order valence-electron chi connectivity index (χ2n) is 6.53. The molecule has 1 amide bonds. The van der Waals surface area contributed by atoms with E-state index >= 15 is 0 Å². The third kappa shape index (κ3) is 5.26. The van der Waals surface area contributed by atoms with Gasteiger partial charge < -0.3 is 10.1 Å². The van der Waals surface area contributed by atoms with E-state index in [1.807, 2.05) is 6.07 Å². The highest BCUT2D eigenvalue weighted by molar-refractivity contribution is 6.09. The van der Waals surface area contributed by atoms with Gasteiger partial charge in [-0.2, -0.15) is 0 Å². The number of ketones is 2. The van der Waals surface area contributed by atoms with Crippen molar-refractivity contribution < 1.29 is 23.9 Å². The summed E-state index contributed by atoms with van der Waals surface area (Å²) in [6.45, 7) is 0.978. The molecule has 0 aliphatic heterocycles. The Hall–Kier alpha value is -4.06. The van der Waals surface area contributed by atoms with E-state index in [0.717, 1.165) is 0 Å². The lowest BCUT2D eigenvalue weighted by Crippen LogP contribution is -2.14. The van der Waals surface area contributed by atoms with Crippen LogP contribution in [0.15, 0.2) is 78.9 Å². The first kappa shape index (κ1) is 20.7. The van der Waals surface area contributed by atoms with Gasteiger partial charge in [-0.25, -0.2) is 4.79 Å². The maximum absolute atomic E-state index is 12.4. The number of nitrogens with one attached hydrogen (secondary N) is 1. The average molecular weight is 401 g/mol. The van der Waals surface area contributed by atoms with Crippen LogP contribution in [-0.2, 0) is 9.53 Å². The Balaban J connectivity index is 1.57. The van der Waals surface area contributed by atoms with Crippen LogP contribution in [-0.4, -0.2) is 30.0 Å². The second-order valence-corrected chi connectivity index (χ2v) is 6.53. The van der Waals surface area contributed by atoms with Crippen LogP contribution in [0.1, 0.15) is 43.6 Å². The van der Waals surface area contributed by atoms with Crippen LogP contribution in [0.3, 0.4) is 0 Å². The van der Waals surface area contributed by atoms with Crippen LogP contribution in [0.25, 0.3) is 0 Å². The number of carbonyl (C=O) groups is 4. The molecule has 3 aromatic carbocycles. The molecule has 0 radical (unpaired) electrons. The third-order valence-electron chi connectivity index (χ3n) is 4.28. The number of amides is 1. The number of carbonyl (C=O) groups excluding carboxylic acids is 4. The summed E-state index contributed by atoms with van der Waals surface area (Å²) in [7, 11) is 0. The lowest BCUT2D eigenvalue weighted by Gasteiger charge is -2.07. The molecule has 3 rings (SSSR count). The molecule has 1 N–H and O–H groups in total. The summed E-state index contributed by atoms with van der Waals surface area (Å²) in [6, 6.07) is 21.2. The minimum absolute atomic E-state index is 0.145. The lowest BCUT2D eigenvalue weighted by atomic mass is 10.0. The molecule has 0 aromatic heterocycles. The molecule has 0 saturated heterocycles. The molecule has 0 atom stereocenters. The lowest BCUT2D eigenvalue weighted by molar-refractivity contribution is -0.114. The van der Waals surface area contributed by atoms with E-state index in [1.54, 1.807) is 60.7 Å². The molecule has 30 heavy (non-hydrogen) atoms. The van der Waals surface area contributed by atoms with E-state index < -0.39 is 12.6 Å². The summed E-state index contributed by atoms with van der Waals surface area (Å²) < 4.78 is 5.08. The number of ether oxygens (including phenoxy) is 1. The highest BCUT2D eigenvalue weighted by atomic mass is 16.5. The van der Waals surface area contributed by atoms with E-state index in [2.05, 4.69) is 5.32 Å². The van der Waals surface area contributed by atoms with Crippen molar-refractivity contribution in [2.24, 2.45) is 0 Å². The molecule has 0 aliphatic rings. The van der Waals surface area contributed by atoms with Crippen LogP contribution in [0.4, 0.5) is 5.69 Å². The minimum atomic E-state index is -0.656. The molecule has 0 bridgehead atoms. The largest absolute Gasteiger partial charge is 0.454 e. The minimum Gasteiger partial charge on any atom is -0.454 e. The first-order chi connectivity index (χ1) is 14.4. The zero-order valence-electron chi connectivity index (χ0n) is 16.3. The average Bonchev–Trinajstić information content (AvgIpc) is 2.77. The third-order valence-corrected chi connectivity index (χ3v) is 4.28. The summed E-state index contributed by atoms with van der Waals surface area (Å²) in [5.41, 5.74) is 2.19. The van der Waals surface area contributed by atoms with E-state index in [9.17, 15) is 19.2 Å². The van der Waals surface area contributed by atoms with Crippen molar-refractivity contribution in [1.82, 2.24) is 0 Å². The van der Waals surface area contributed by atoms with Crippen molar-refractivity contribution >= 4 is 29.1 Å². The van der Waals surface area contributed by atoms with Gasteiger partial charge in [-0.15, -0.1) is 0 Å². The van der Waals surface area contributed by atoms with Crippen molar-refractivity contribution in [1.29, 1.82) is 0 Å². The molecular formula is C24H19NO5. The summed E-state index contributed by atoms with van der Waals surface area (Å²) in [6.07, 6.45) is 0. The van der Waals surface area contributed by atoms with E-state index in [4.69, 9.17) is 4.74 Å². The summed E-state index contributed by atoms with van der Waals surface area (Å²) in [4.78, 5) is 47.8. The van der Waals surface area contributed by atoms with Gasteiger partial charge in [0.25, 0.3) is 0 Å². The van der Waals surface area contributed by atoms with E-state index in [0.29, 0.717) is 22.4 Å². The van der Waals surface area contributed by atoms with Gasteiger partial charge >= 0.3 is 5.97 Å². The summed E-state index contributed by atoms with van der Waals surface area (Å²) in [5.74, 6) is -1.38. The molecule has 0 fully saturated rings. The van der Waals surface area contributed by atoms with Crippen LogP contribution in [0, 0.1) is 0 Å². The van der Waals surface area contributed by atoms with Crippen LogP contribution in [0.2, 0.25) is 0 Å². The Kier molecular flexibility index (Phi) is 6.49. The quantitative estimate of drug-likeness (QED) is 0.479. The van der Waals surface area contributed by atoms with Crippen LogP contribution < -0.4 is 5.32 Å². The highest BCUT2D eigenvalue weighted by Crippen LogP contribution is 2.13. The number of benzene rings is 3. The van der Waals surface area contributed by atoms with E-state index in [-0.39, 0.29) is 23.0 Å². The molecule has 0 spiro atoms.